The first-order chi connectivity index (χ1) is 16.2. The summed E-state index contributed by atoms with van der Waals surface area (Å²) in [6, 6.07) is 7.35. The minimum Gasteiger partial charge on any atom is -0.467 e. The van der Waals surface area contributed by atoms with E-state index in [0.717, 1.165) is 41.0 Å². The number of rotatable bonds is 9. The molecule has 7 nitrogen and oxygen atoms in total. The molecule has 0 spiro atoms. The average Bonchev–Trinajstić information content (AvgIpc) is 3.57. The number of furan rings is 2. The van der Waals surface area contributed by atoms with Crippen molar-refractivity contribution < 1.29 is 13.6 Å². The van der Waals surface area contributed by atoms with Gasteiger partial charge in [0.2, 0.25) is 5.91 Å². The van der Waals surface area contributed by atoms with E-state index in [1.165, 1.54) is 16.9 Å². The molecule has 1 amide bonds. The summed E-state index contributed by atoms with van der Waals surface area (Å²) in [5, 5.41) is 0.783. The average molecular weight is 484 g/mol. The summed E-state index contributed by atoms with van der Waals surface area (Å²) >= 11 is 3.26. The zero-order valence-electron chi connectivity index (χ0n) is 18.2. The van der Waals surface area contributed by atoms with Gasteiger partial charge >= 0.3 is 0 Å². The predicted molar refractivity (Wildman–Crippen MR) is 129 cm³/mol. The Morgan fingerprint density at radius 3 is 2.55 bits per heavy atom. The Labute approximate surface area is 199 Å². The maximum atomic E-state index is 12.9. The second-order valence-corrected chi connectivity index (χ2v) is 10.3. The van der Waals surface area contributed by atoms with Gasteiger partial charge in [0.25, 0.3) is 5.56 Å². The van der Waals surface area contributed by atoms with Crippen molar-refractivity contribution in [3.63, 3.8) is 0 Å². The fraction of sp³-hybridized carbons (Fsp3) is 0.375. The molecule has 1 aliphatic carbocycles. The Bertz CT molecular complexity index is 1240. The van der Waals surface area contributed by atoms with E-state index in [0.29, 0.717) is 36.8 Å². The molecule has 4 aromatic heterocycles. The third-order valence-electron chi connectivity index (χ3n) is 5.78. The van der Waals surface area contributed by atoms with Crippen molar-refractivity contribution in [1.82, 2.24) is 14.9 Å². The van der Waals surface area contributed by atoms with Gasteiger partial charge in [-0.25, -0.2) is 4.98 Å². The minimum atomic E-state index is -0.0332. The van der Waals surface area contributed by atoms with Crippen LogP contribution in [0.15, 0.2) is 50.4 Å². The van der Waals surface area contributed by atoms with Crippen molar-refractivity contribution in [2.45, 2.75) is 50.9 Å². The van der Waals surface area contributed by atoms with E-state index >= 15 is 0 Å². The van der Waals surface area contributed by atoms with E-state index in [4.69, 9.17) is 13.8 Å². The van der Waals surface area contributed by atoms with Crippen molar-refractivity contribution in [2.75, 3.05) is 5.75 Å². The first-order valence-electron chi connectivity index (χ1n) is 11.1. The number of hydrogen-bond acceptors (Lipinski definition) is 7. The zero-order valence-corrected chi connectivity index (χ0v) is 19.8. The summed E-state index contributed by atoms with van der Waals surface area (Å²) in [7, 11) is 0. The van der Waals surface area contributed by atoms with Crippen LogP contribution in [0.25, 0.3) is 10.2 Å². The Morgan fingerprint density at radius 2 is 1.85 bits per heavy atom. The molecule has 4 heterocycles. The first-order valence-corrected chi connectivity index (χ1v) is 13.1. The molecule has 0 radical (unpaired) electrons. The number of hydrogen-bond donors (Lipinski definition) is 1. The van der Waals surface area contributed by atoms with Gasteiger partial charge in [0, 0.05) is 17.1 Å². The van der Waals surface area contributed by atoms with Gasteiger partial charge in [-0.3, -0.25) is 9.59 Å². The molecule has 1 N–H and O–H groups in total. The number of thioether (sulfide) groups is 1. The van der Waals surface area contributed by atoms with Crippen LogP contribution in [0.5, 0.6) is 0 Å². The number of amides is 1. The molecule has 0 aliphatic heterocycles. The molecule has 0 fully saturated rings. The number of aromatic nitrogens is 2. The van der Waals surface area contributed by atoms with Crippen molar-refractivity contribution in [1.29, 1.82) is 0 Å². The van der Waals surface area contributed by atoms with Crippen LogP contribution in [0.1, 0.15) is 47.0 Å². The number of H-pyrrole nitrogens is 1. The Hall–Kier alpha value is -2.78. The normalized spacial score (nSPS) is 13.3. The predicted octanol–water partition coefficient (Wildman–Crippen LogP) is 4.90. The van der Waals surface area contributed by atoms with Crippen LogP contribution in [0, 0.1) is 0 Å². The maximum Gasteiger partial charge on any atom is 0.259 e. The topological polar surface area (TPSA) is 92.3 Å². The van der Waals surface area contributed by atoms with Crippen molar-refractivity contribution >= 4 is 39.2 Å². The smallest absolute Gasteiger partial charge is 0.259 e. The Morgan fingerprint density at radius 1 is 1.12 bits per heavy atom. The van der Waals surface area contributed by atoms with Gasteiger partial charge in [-0.2, -0.15) is 11.8 Å². The van der Waals surface area contributed by atoms with Crippen LogP contribution < -0.4 is 5.56 Å². The monoisotopic (exact) mass is 483 g/mol. The number of aromatic amines is 1. The van der Waals surface area contributed by atoms with E-state index in [2.05, 4.69) is 4.98 Å². The fourth-order valence-electron chi connectivity index (χ4n) is 4.18. The van der Waals surface area contributed by atoms with Crippen LogP contribution in [0.4, 0.5) is 0 Å². The van der Waals surface area contributed by atoms with Gasteiger partial charge in [-0.15, -0.1) is 11.3 Å². The number of thiophene rings is 1. The van der Waals surface area contributed by atoms with Gasteiger partial charge in [0.05, 0.1) is 36.8 Å². The Balaban J connectivity index is 1.19. The molecule has 172 valence electrons. The van der Waals surface area contributed by atoms with E-state index in [1.807, 2.05) is 24.3 Å². The van der Waals surface area contributed by atoms with Gasteiger partial charge in [0.1, 0.15) is 22.2 Å². The molecule has 0 aromatic carbocycles. The standard InChI is InChI=1S/C24H25N3O4S2/c28-21(27(13-16-5-3-10-30-16)14-17-6-4-11-31-17)9-12-32-15-20-25-23(29)22-18-7-1-2-8-19(18)33-24(22)26-20/h3-6,10-11H,1-2,7-9,12-15H2,(H,25,26,29). The summed E-state index contributed by atoms with van der Waals surface area (Å²) in [5.41, 5.74) is 1.17. The molecule has 0 saturated carbocycles. The summed E-state index contributed by atoms with van der Waals surface area (Å²) in [4.78, 5) is 37.2. The highest BCUT2D eigenvalue weighted by Crippen LogP contribution is 2.33. The number of carbonyl (C=O) groups excluding carboxylic acids is 1. The number of nitrogens with zero attached hydrogens (tertiary/aromatic N) is 2. The highest BCUT2D eigenvalue weighted by atomic mass is 32.2. The van der Waals surface area contributed by atoms with E-state index in [-0.39, 0.29) is 11.5 Å². The van der Waals surface area contributed by atoms with Gasteiger partial charge in [-0.1, -0.05) is 0 Å². The van der Waals surface area contributed by atoms with Crippen LogP contribution in [0.3, 0.4) is 0 Å². The second kappa shape index (κ2) is 10.0. The molecular weight excluding hydrogens is 458 g/mol. The van der Waals surface area contributed by atoms with Crippen LogP contribution in [-0.2, 0) is 36.5 Å². The SMILES string of the molecule is O=C(CCSCc1nc2sc3c(c2c(=O)[nH]1)CCCC3)N(Cc1ccco1)Cc1ccco1. The highest BCUT2D eigenvalue weighted by molar-refractivity contribution is 7.98. The molecule has 0 bridgehead atoms. The lowest BCUT2D eigenvalue weighted by molar-refractivity contribution is -0.132. The molecule has 0 atom stereocenters. The first kappa shape index (κ1) is 22.0. The largest absolute Gasteiger partial charge is 0.467 e. The van der Waals surface area contributed by atoms with Crippen molar-refractivity contribution in [3.05, 3.63) is 74.9 Å². The van der Waals surface area contributed by atoms with Crippen LogP contribution >= 0.6 is 23.1 Å². The van der Waals surface area contributed by atoms with Crippen LogP contribution in [0.2, 0.25) is 0 Å². The molecular formula is C24H25N3O4S2. The fourth-order valence-corrected chi connectivity index (χ4v) is 6.25. The quantitative estimate of drug-likeness (QED) is 0.340. The summed E-state index contributed by atoms with van der Waals surface area (Å²) < 4.78 is 10.8. The molecule has 9 heteroatoms. The Kier molecular flexibility index (Phi) is 6.68. The minimum absolute atomic E-state index is 0.0261. The number of fused-ring (bicyclic) bond motifs is 3. The summed E-state index contributed by atoms with van der Waals surface area (Å²) in [6.07, 6.45) is 7.94. The molecule has 33 heavy (non-hydrogen) atoms. The molecule has 0 saturated heterocycles. The molecule has 0 unspecified atom stereocenters. The number of carbonyl (C=O) groups is 1. The van der Waals surface area contributed by atoms with Gasteiger partial charge in [0.15, 0.2) is 0 Å². The number of nitrogens with one attached hydrogen (secondary N) is 1. The third kappa shape index (κ3) is 5.09. The molecule has 4 aromatic rings. The van der Waals surface area contributed by atoms with E-state index in [9.17, 15) is 9.59 Å². The van der Waals surface area contributed by atoms with E-state index < -0.39 is 0 Å². The van der Waals surface area contributed by atoms with Gasteiger partial charge in [-0.05, 0) is 55.5 Å². The van der Waals surface area contributed by atoms with Crippen molar-refractivity contribution in [2.24, 2.45) is 0 Å². The maximum absolute atomic E-state index is 12.9. The lowest BCUT2D eigenvalue weighted by Gasteiger charge is -2.20. The lowest BCUT2D eigenvalue weighted by Crippen LogP contribution is -2.30. The van der Waals surface area contributed by atoms with E-state index in [1.54, 1.807) is 40.5 Å². The number of aryl methyl sites for hydroxylation is 2. The second-order valence-electron chi connectivity index (χ2n) is 8.11. The zero-order chi connectivity index (χ0) is 22.6. The van der Waals surface area contributed by atoms with Crippen molar-refractivity contribution in [3.8, 4) is 0 Å². The molecule has 5 rings (SSSR count). The molecule has 1 aliphatic rings. The van der Waals surface area contributed by atoms with Crippen LogP contribution in [-0.4, -0.2) is 26.5 Å². The third-order valence-corrected chi connectivity index (χ3v) is 7.94. The lowest BCUT2D eigenvalue weighted by atomic mass is 9.97. The summed E-state index contributed by atoms with van der Waals surface area (Å²) in [5.74, 6) is 3.36. The highest BCUT2D eigenvalue weighted by Gasteiger charge is 2.20. The van der Waals surface area contributed by atoms with Gasteiger partial charge < -0.3 is 18.7 Å². The summed E-state index contributed by atoms with van der Waals surface area (Å²) in [6.45, 7) is 0.789.